The molecule has 0 aliphatic carbocycles. The van der Waals surface area contributed by atoms with Crippen LogP contribution in [0.3, 0.4) is 0 Å². The summed E-state index contributed by atoms with van der Waals surface area (Å²) in [6.45, 7) is 1.88. The van der Waals surface area contributed by atoms with Crippen molar-refractivity contribution in [3.05, 3.63) is 123 Å². The molecule has 4 rings (SSSR count). The van der Waals surface area contributed by atoms with Gasteiger partial charge in [-0.25, -0.2) is 0 Å². The van der Waals surface area contributed by atoms with Crippen LogP contribution in [0.5, 0.6) is 0 Å². The molecule has 0 fully saturated rings. The van der Waals surface area contributed by atoms with Gasteiger partial charge in [0.15, 0.2) is 0 Å². The minimum absolute atomic E-state index is 0.0590. The number of carbonyl (C=O) groups is 3. The topological polar surface area (TPSA) is 130 Å². The SMILES string of the molecule is CCC(Sc1cccc(NC(=O)/C(=C/c2ccsc2)NC(=O)c2ccccc2)c1)C(=O)Nc1ccc([N+](=O)[O-])cc1. The van der Waals surface area contributed by atoms with Crippen molar-refractivity contribution >= 4 is 64.0 Å². The van der Waals surface area contributed by atoms with E-state index >= 15 is 0 Å². The highest BCUT2D eigenvalue weighted by molar-refractivity contribution is 8.00. The number of carbonyl (C=O) groups excluding carboxylic acids is 3. The number of benzene rings is 3. The largest absolute Gasteiger partial charge is 0.325 e. The fraction of sp³-hybridized carbons (Fsp3) is 0.100. The van der Waals surface area contributed by atoms with E-state index in [4.69, 9.17) is 0 Å². The monoisotopic (exact) mass is 586 g/mol. The number of hydrogen-bond donors (Lipinski definition) is 3. The fourth-order valence-corrected chi connectivity index (χ4v) is 5.32. The van der Waals surface area contributed by atoms with Crippen molar-refractivity contribution in [3.8, 4) is 0 Å². The third kappa shape index (κ3) is 8.37. The number of thioether (sulfide) groups is 1. The Bertz CT molecular complexity index is 1560. The van der Waals surface area contributed by atoms with Gasteiger partial charge in [0.2, 0.25) is 5.91 Å². The minimum Gasteiger partial charge on any atom is -0.325 e. The first-order valence-corrected chi connectivity index (χ1v) is 14.4. The van der Waals surface area contributed by atoms with E-state index in [1.54, 1.807) is 54.6 Å². The van der Waals surface area contributed by atoms with Gasteiger partial charge in [0.25, 0.3) is 17.5 Å². The molecule has 1 unspecified atom stereocenters. The standard InChI is InChI=1S/C30H26N4O5S2/c1-2-27(30(37)31-22-11-13-24(14-12-22)34(38)39)41-25-10-6-9-23(18-25)32-29(36)26(17-20-15-16-40-19-20)33-28(35)21-7-4-3-5-8-21/h3-19,27H,2H2,1H3,(H,31,37)(H,32,36)(H,33,35)/b26-17-. The smallest absolute Gasteiger partial charge is 0.272 e. The summed E-state index contributed by atoms with van der Waals surface area (Å²) in [5, 5.41) is 22.5. The molecule has 41 heavy (non-hydrogen) atoms. The summed E-state index contributed by atoms with van der Waals surface area (Å²) in [4.78, 5) is 50.1. The summed E-state index contributed by atoms with van der Waals surface area (Å²) in [5.41, 5.74) is 2.19. The van der Waals surface area contributed by atoms with Crippen molar-refractivity contribution in [2.45, 2.75) is 23.5 Å². The molecule has 0 spiro atoms. The van der Waals surface area contributed by atoms with Gasteiger partial charge in [0.1, 0.15) is 5.70 Å². The molecule has 0 saturated heterocycles. The Morgan fingerprint density at radius 3 is 2.37 bits per heavy atom. The van der Waals surface area contributed by atoms with E-state index in [9.17, 15) is 24.5 Å². The Hall–Kier alpha value is -4.74. The molecule has 0 aliphatic heterocycles. The van der Waals surface area contributed by atoms with Gasteiger partial charge < -0.3 is 16.0 Å². The molecule has 0 radical (unpaired) electrons. The maximum Gasteiger partial charge on any atom is 0.272 e. The Labute approximate surface area is 244 Å². The Morgan fingerprint density at radius 1 is 0.951 bits per heavy atom. The third-order valence-electron chi connectivity index (χ3n) is 5.76. The number of nitrogens with zero attached hydrogens (tertiary/aromatic N) is 1. The number of nitrogens with one attached hydrogen (secondary N) is 3. The number of nitro groups is 1. The van der Waals surface area contributed by atoms with Crippen molar-refractivity contribution in [2.24, 2.45) is 0 Å². The number of nitro benzene ring substituents is 1. The van der Waals surface area contributed by atoms with Crippen LogP contribution in [0, 0.1) is 10.1 Å². The van der Waals surface area contributed by atoms with Gasteiger partial charge in [0.05, 0.1) is 10.2 Å². The molecule has 0 bridgehead atoms. The predicted octanol–water partition coefficient (Wildman–Crippen LogP) is 6.58. The molecule has 1 aromatic heterocycles. The number of amides is 3. The lowest BCUT2D eigenvalue weighted by Gasteiger charge is -2.16. The molecule has 3 aromatic carbocycles. The molecular formula is C30H26N4O5S2. The number of non-ortho nitro benzene ring substituents is 1. The molecule has 208 valence electrons. The van der Waals surface area contributed by atoms with E-state index in [-0.39, 0.29) is 17.3 Å². The van der Waals surface area contributed by atoms with E-state index in [0.29, 0.717) is 23.4 Å². The Balaban J connectivity index is 1.44. The zero-order valence-electron chi connectivity index (χ0n) is 21.9. The Morgan fingerprint density at radius 2 is 1.71 bits per heavy atom. The van der Waals surface area contributed by atoms with Gasteiger partial charge in [-0.3, -0.25) is 24.5 Å². The highest BCUT2D eigenvalue weighted by atomic mass is 32.2. The van der Waals surface area contributed by atoms with E-state index < -0.39 is 22.0 Å². The van der Waals surface area contributed by atoms with Crippen LogP contribution in [0.1, 0.15) is 29.3 Å². The van der Waals surface area contributed by atoms with Gasteiger partial charge >= 0.3 is 0 Å². The molecule has 0 aliphatic rings. The van der Waals surface area contributed by atoms with Crippen LogP contribution in [0.15, 0.2) is 106 Å². The van der Waals surface area contributed by atoms with Gasteiger partial charge in [-0.05, 0) is 77.4 Å². The molecular weight excluding hydrogens is 560 g/mol. The summed E-state index contributed by atoms with van der Waals surface area (Å²) in [7, 11) is 0. The molecule has 11 heteroatoms. The zero-order valence-corrected chi connectivity index (χ0v) is 23.5. The van der Waals surface area contributed by atoms with E-state index in [0.717, 1.165) is 10.5 Å². The Kier molecular flexibility index (Phi) is 10.0. The first-order valence-electron chi connectivity index (χ1n) is 12.6. The predicted molar refractivity (Wildman–Crippen MR) is 163 cm³/mol. The summed E-state index contributed by atoms with van der Waals surface area (Å²) in [6.07, 6.45) is 2.14. The van der Waals surface area contributed by atoms with Crippen LogP contribution in [0.4, 0.5) is 17.1 Å². The average Bonchev–Trinajstić information content (AvgIpc) is 3.49. The van der Waals surface area contributed by atoms with E-state index in [1.807, 2.05) is 29.8 Å². The molecule has 0 saturated carbocycles. The van der Waals surface area contributed by atoms with Crippen molar-refractivity contribution in [1.82, 2.24) is 5.32 Å². The second kappa shape index (κ2) is 14.1. The first-order chi connectivity index (χ1) is 19.8. The van der Waals surface area contributed by atoms with Crippen molar-refractivity contribution < 1.29 is 19.3 Å². The van der Waals surface area contributed by atoms with Crippen molar-refractivity contribution in [2.75, 3.05) is 10.6 Å². The number of rotatable bonds is 11. The van der Waals surface area contributed by atoms with Crippen molar-refractivity contribution in [3.63, 3.8) is 0 Å². The molecule has 1 heterocycles. The minimum atomic E-state index is -0.500. The first kappa shape index (κ1) is 29.2. The normalized spacial score (nSPS) is 11.8. The van der Waals surface area contributed by atoms with Gasteiger partial charge in [-0.15, -0.1) is 11.8 Å². The number of hydrogen-bond acceptors (Lipinski definition) is 7. The molecule has 4 aromatic rings. The van der Waals surface area contributed by atoms with Crippen LogP contribution in [-0.4, -0.2) is 27.9 Å². The second-order valence-electron chi connectivity index (χ2n) is 8.72. The quantitative estimate of drug-likeness (QED) is 0.0788. The summed E-state index contributed by atoms with van der Waals surface area (Å²) in [5.74, 6) is -1.15. The lowest BCUT2D eigenvalue weighted by molar-refractivity contribution is -0.384. The van der Waals surface area contributed by atoms with E-state index in [2.05, 4.69) is 16.0 Å². The third-order valence-corrected chi connectivity index (χ3v) is 7.82. The fourth-order valence-electron chi connectivity index (χ4n) is 3.69. The highest BCUT2D eigenvalue weighted by Gasteiger charge is 2.20. The van der Waals surface area contributed by atoms with Gasteiger partial charge in [0, 0.05) is 34.0 Å². The van der Waals surface area contributed by atoms with Crippen LogP contribution in [0.25, 0.3) is 6.08 Å². The molecule has 3 N–H and O–H groups in total. The number of thiophene rings is 1. The van der Waals surface area contributed by atoms with Crippen LogP contribution < -0.4 is 16.0 Å². The molecule has 9 nitrogen and oxygen atoms in total. The molecule has 1 atom stereocenters. The van der Waals surface area contributed by atoms with E-state index in [1.165, 1.54) is 47.4 Å². The summed E-state index contributed by atoms with van der Waals surface area (Å²) in [6, 6.07) is 23.2. The molecule has 3 amide bonds. The van der Waals surface area contributed by atoms with Crippen LogP contribution in [0.2, 0.25) is 0 Å². The second-order valence-corrected chi connectivity index (χ2v) is 10.8. The van der Waals surface area contributed by atoms with Crippen LogP contribution >= 0.6 is 23.1 Å². The summed E-state index contributed by atoms with van der Waals surface area (Å²) >= 11 is 2.81. The van der Waals surface area contributed by atoms with Gasteiger partial charge in [-0.2, -0.15) is 11.3 Å². The highest BCUT2D eigenvalue weighted by Crippen LogP contribution is 2.29. The van der Waals surface area contributed by atoms with Crippen LogP contribution in [-0.2, 0) is 9.59 Å². The lowest BCUT2D eigenvalue weighted by atomic mass is 10.2. The maximum absolute atomic E-state index is 13.3. The van der Waals surface area contributed by atoms with Gasteiger partial charge in [-0.1, -0.05) is 31.2 Å². The summed E-state index contributed by atoms with van der Waals surface area (Å²) < 4.78 is 0. The maximum atomic E-state index is 13.3. The average molecular weight is 587 g/mol. The van der Waals surface area contributed by atoms with Crippen molar-refractivity contribution in [1.29, 1.82) is 0 Å². The number of anilines is 2. The zero-order chi connectivity index (χ0) is 29.2. The lowest BCUT2D eigenvalue weighted by Crippen LogP contribution is -2.30.